The summed E-state index contributed by atoms with van der Waals surface area (Å²) in [7, 11) is 0. The van der Waals surface area contributed by atoms with Gasteiger partial charge in [-0.25, -0.2) is 0 Å². The zero-order valence-corrected chi connectivity index (χ0v) is 9.34. The highest BCUT2D eigenvalue weighted by Gasteiger charge is 2.14. The minimum absolute atomic E-state index is 0.354. The molecule has 1 aromatic rings. The topological polar surface area (TPSA) is 17.1 Å². The molecule has 0 radical (unpaired) electrons. The fraction of sp³-hybridized carbons (Fsp3) is 0.417. The maximum atomic E-state index is 11.2. The Morgan fingerprint density at radius 2 is 1.86 bits per heavy atom. The van der Waals surface area contributed by atoms with Crippen LogP contribution in [-0.4, -0.2) is 5.24 Å². The van der Waals surface area contributed by atoms with E-state index in [0.717, 1.165) is 18.4 Å². The highest BCUT2D eigenvalue weighted by atomic mass is 35.5. The van der Waals surface area contributed by atoms with E-state index in [2.05, 4.69) is 13.8 Å². The molecule has 0 aliphatic rings. The zero-order chi connectivity index (χ0) is 10.6. The predicted octanol–water partition coefficient (Wildman–Crippen LogP) is 3.97. The monoisotopic (exact) mass is 210 g/mol. The van der Waals surface area contributed by atoms with E-state index in [1.54, 1.807) is 6.07 Å². The van der Waals surface area contributed by atoms with Gasteiger partial charge in [0.05, 0.1) is 0 Å². The van der Waals surface area contributed by atoms with Gasteiger partial charge in [0, 0.05) is 5.56 Å². The van der Waals surface area contributed by atoms with Crippen LogP contribution in [0, 0.1) is 0 Å². The summed E-state index contributed by atoms with van der Waals surface area (Å²) in [6.07, 6.45) is 2.08. The van der Waals surface area contributed by atoms with Gasteiger partial charge in [-0.3, -0.25) is 4.79 Å². The smallest absolute Gasteiger partial charge is 0.252 e. The van der Waals surface area contributed by atoms with Crippen molar-refractivity contribution in [3.63, 3.8) is 0 Å². The molecule has 0 saturated carbocycles. The molecule has 1 aromatic carbocycles. The van der Waals surface area contributed by atoms with Crippen LogP contribution < -0.4 is 0 Å². The molecule has 0 amide bonds. The van der Waals surface area contributed by atoms with E-state index in [4.69, 9.17) is 11.6 Å². The molecule has 0 unspecified atom stereocenters. The van der Waals surface area contributed by atoms with Crippen molar-refractivity contribution in [3.8, 4) is 0 Å². The molecule has 0 N–H and O–H groups in total. The summed E-state index contributed by atoms with van der Waals surface area (Å²) in [5, 5.41) is -0.354. The fourth-order valence-corrected chi connectivity index (χ4v) is 1.93. The van der Waals surface area contributed by atoms with Gasteiger partial charge in [-0.1, -0.05) is 32.0 Å². The molecule has 0 atom stereocenters. The van der Waals surface area contributed by atoms with Crippen LogP contribution in [-0.2, 0) is 0 Å². The number of carbonyl (C=O) groups is 1. The third kappa shape index (κ3) is 2.36. The number of halogens is 1. The molecular weight excluding hydrogens is 196 g/mol. The number of hydrogen-bond acceptors (Lipinski definition) is 1. The summed E-state index contributed by atoms with van der Waals surface area (Å²) in [4.78, 5) is 11.2. The van der Waals surface area contributed by atoms with Crippen LogP contribution in [0.25, 0.3) is 0 Å². The van der Waals surface area contributed by atoms with Gasteiger partial charge in [0.25, 0.3) is 5.24 Å². The van der Waals surface area contributed by atoms with Crippen molar-refractivity contribution >= 4 is 16.8 Å². The SMILES string of the molecule is CCC(CC)c1ccccc1C(=O)Cl. The molecule has 76 valence electrons. The van der Waals surface area contributed by atoms with E-state index in [-0.39, 0.29) is 5.24 Å². The molecule has 0 aromatic heterocycles. The Bertz CT molecular complexity index is 316. The molecule has 2 heteroatoms. The summed E-state index contributed by atoms with van der Waals surface area (Å²) in [5.41, 5.74) is 1.74. The Morgan fingerprint density at radius 3 is 2.36 bits per heavy atom. The van der Waals surface area contributed by atoms with E-state index >= 15 is 0 Å². The molecule has 0 aliphatic heterocycles. The lowest BCUT2D eigenvalue weighted by Gasteiger charge is -2.15. The van der Waals surface area contributed by atoms with Gasteiger partial charge >= 0.3 is 0 Å². The molecule has 0 heterocycles. The summed E-state index contributed by atoms with van der Waals surface area (Å²) in [6.45, 7) is 4.26. The van der Waals surface area contributed by atoms with Crippen molar-refractivity contribution in [2.75, 3.05) is 0 Å². The highest BCUT2D eigenvalue weighted by molar-refractivity contribution is 6.67. The van der Waals surface area contributed by atoms with Crippen molar-refractivity contribution < 1.29 is 4.79 Å². The van der Waals surface area contributed by atoms with E-state index in [9.17, 15) is 4.79 Å². The largest absolute Gasteiger partial charge is 0.276 e. The maximum Gasteiger partial charge on any atom is 0.252 e. The van der Waals surface area contributed by atoms with Gasteiger partial charge in [-0.2, -0.15) is 0 Å². The van der Waals surface area contributed by atoms with Crippen molar-refractivity contribution in [2.24, 2.45) is 0 Å². The van der Waals surface area contributed by atoms with Gasteiger partial charge in [-0.05, 0) is 42.0 Å². The average molecular weight is 211 g/mol. The normalized spacial score (nSPS) is 10.6. The quantitative estimate of drug-likeness (QED) is 0.688. The second kappa shape index (κ2) is 5.16. The first kappa shape index (κ1) is 11.3. The first-order chi connectivity index (χ1) is 6.70. The Morgan fingerprint density at radius 1 is 1.29 bits per heavy atom. The van der Waals surface area contributed by atoms with Crippen LogP contribution in [0.1, 0.15) is 48.5 Å². The summed E-state index contributed by atoms with van der Waals surface area (Å²) in [5.74, 6) is 0.439. The van der Waals surface area contributed by atoms with Crippen molar-refractivity contribution in [2.45, 2.75) is 32.6 Å². The number of carbonyl (C=O) groups excluding carboxylic acids is 1. The molecule has 0 bridgehead atoms. The Labute approximate surface area is 90.1 Å². The average Bonchev–Trinajstić information content (AvgIpc) is 2.20. The lowest BCUT2D eigenvalue weighted by molar-refractivity contribution is 0.108. The van der Waals surface area contributed by atoms with E-state index < -0.39 is 0 Å². The predicted molar refractivity (Wildman–Crippen MR) is 59.9 cm³/mol. The molecule has 14 heavy (non-hydrogen) atoms. The molecule has 0 aliphatic carbocycles. The maximum absolute atomic E-state index is 11.2. The minimum atomic E-state index is -0.354. The van der Waals surface area contributed by atoms with Gasteiger partial charge in [-0.15, -0.1) is 0 Å². The van der Waals surface area contributed by atoms with Crippen LogP contribution >= 0.6 is 11.6 Å². The molecule has 1 rings (SSSR count). The van der Waals surface area contributed by atoms with Gasteiger partial charge in [0.15, 0.2) is 0 Å². The second-order valence-corrected chi connectivity index (χ2v) is 3.72. The van der Waals surface area contributed by atoms with Crippen LogP contribution in [0.2, 0.25) is 0 Å². The Balaban J connectivity index is 3.11. The first-order valence-corrected chi connectivity index (χ1v) is 5.37. The van der Waals surface area contributed by atoms with Crippen LogP contribution in [0.15, 0.2) is 24.3 Å². The molecular formula is C12H15ClO. The number of rotatable bonds is 4. The minimum Gasteiger partial charge on any atom is -0.276 e. The Hall–Kier alpha value is -0.820. The third-order valence-electron chi connectivity index (χ3n) is 2.60. The van der Waals surface area contributed by atoms with E-state index in [1.165, 1.54) is 0 Å². The van der Waals surface area contributed by atoms with Crippen LogP contribution in [0.3, 0.4) is 0 Å². The molecule has 0 spiro atoms. The van der Waals surface area contributed by atoms with E-state index in [0.29, 0.717) is 11.5 Å². The van der Waals surface area contributed by atoms with E-state index in [1.807, 2.05) is 18.2 Å². The standard InChI is InChI=1S/C12H15ClO/c1-3-9(4-2)10-7-5-6-8-11(10)12(13)14/h5-9H,3-4H2,1-2H3. The van der Waals surface area contributed by atoms with Crippen molar-refractivity contribution in [3.05, 3.63) is 35.4 Å². The van der Waals surface area contributed by atoms with Crippen LogP contribution in [0.4, 0.5) is 0 Å². The molecule has 0 saturated heterocycles. The Kier molecular flexibility index (Phi) is 4.15. The lowest BCUT2D eigenvalue weighted by atomic mass is 9.90. The number of benzene rings is 1. The van der Waals surface area contributed by atoms with Gasteiger partial charge in [0.1, 0.15) is 0 Å². The summed E-state index contributed by atoms with van der Waals surface area (Å²) >= 11 is 5.53. The zero-order valence-electron chi connectivity index (χ0n) is 8.59. The van der Waals surface area contributed by atoms with Crippen molar-refractivity contribution in [1.29, 1.82) is 0 Å². The lowest BCUT2D eigenvalue weighted by Crippen LogP contribution is -2.02. The third-order valence-corrected chi connectivity index (χ3v) is 2.80. The van der Waals surface area contributed by atoms with Crippen molar-refractivity contribution in [1.82, 2.24) is 0 Å². The number of hydrogen-bond donors (Lipinski definition) is 0. The first-order valence-electron chi connectivity index (χ1n) is 4.99. The van der Waals surface area contributed by atoms with Crippen LogP contribution in [0.5, 0.6) is 0 Å². The summed E-state index contributed by atoms with van der Waals surface area (Å²) in [6, 6.07) is 7.59. The second-order valence-electron chi connectivity index (χ2n) is 3.37. The highest BCUT2D eigenvalue weighted by Crippen LogP contribution is 2.26. The van der Waals surface area contributed by atoms with Gasteiger partial charge < -0.3 is 0 Å². The molecule has 0 fully saturated rings. The molecule has 1 nitrogen and oxygen atoms in total. The van der Waals surface area contributed by atoms with Gasteiger partial charge in [0.2, 0.25) is 0 Å². The summed E-state index contributed by atoms with van der Waals surface area (Å²) < 4.78 is 0. The fourth-order valence-electron chi connectivity index (χ4n) is 1.76.